The van der Waals surface area contributed by atoms with E-state index in [0.29, 0.717) is 69.9 Å². The number of alkyl halides is 3. The Morgan fingerprint density at radius 3 is 2.59 bits per heavy atom. The van der Waals surface area contributed by atoms with Crippen LogP contribution in [-0.2, 0) is 11.3 Å². The number of piperazine rings is 1. The first-order chi connectivity index (χ1) is 23.4. The van der Waals surface area contributed by atoms with E-state index in [4.69, 9.17) is 21.3 Å². The molecule has 49 heavy (non-hydrogen) atoms. The molecule has 0 aliphatic carbocycles. The SMILES string of the molecule is Cc1nc2c(N3CCN(CCOC(F)(F)F)CC3)ncc(C#N)c2c(=O)n1CCOc1ccc(Cl)cc1-c1ccnc2c(C(=O)O)csc12. The van der Waals surface area contributed by atoms with E-state index in [0.717, 1.165) is 0 Å². The van der Waals surface area contributed by atoms with Crippen LogP contribution in [-0.4, -0.2) is 87.8 Å². The van der Waals surface area contributed by atoms with Crippen LogP contribution in [0.25, 0.3) is 32.2 Å². The molecule has 1 aromatic carbocycles. The summed E-state index contributed by atoms with van der Waals surface area (Å²) in [6, 6.07) is 8.85. The highest BCUT2D eigenvalue weighted by Crippen LogP contribution is 2.39. The minimum Gasteiger partial charge on any atom is -0.491 e. The van der Waals surface area contributed by atoms with E-state index in [2.05, 4.69) is 14.7 Å². The van der Waals surface area contributed by atoms with Crippen LogP contribution in [0.15, 0.2) is 46.8 Å². The van der Waals surface area contributed by atoms with Gasteiger partial charge in [-0.15, -0.1) is 24.5 Å². The second-order valence-corrected chi connectivity index (χ2v) is 12.4. The Morgan fingerprint density at radius 2 is 1.88 bits per heavy atom. The lowest BCUT2D eigenvalue weighted by Crippen LogP contribution is -2.48. The first kappa shape index (κ1) is 34.1. The van der Waals surface area contributed by atoms with E-state index in [1.165, 1.54) is 33.7 Å². The average Bonchev–Trinajstić information content (AvgIpc) is 3.51. The fraction of sp³-hybridized carbons (Fsp3) is 0.312. The van der Waals surface area contributed by atoms with Gasteiger partial charge in [0.15, 0.2) is 5.82 Å². The number of hydrogen-bond acceptors (Lipinski definition) is 11. The Labute approximate surface area is 285 Å². The van der Waals surface area contributed by atoms with E-state index >= 15 is 0 Å². The highest BCUT2D eigenvalue weighted by molar-refractivity contribution is 7.18. The van der Waals surface area contributed by atoms with Gasteiger partial charge in [-0.3, -0.25) is 24.0 Å². The maximum Gasteiger partial charge on any atom is 0.522 e. The van der Waals surface area contributed by atoms with Crippen LogP contribution in [0.1, 0.15) is 21.7 Å². The fourth-order valence-electron chi connectivity index (χ4n) is 5.75. The number of hydrogen-bond donors (Lipinski definition) is 1. The third kappa shape index (κ3) is 7.15. The molecule has 1 aliphatic heterocycles. The number of halogens is 4. The van der Waals surface area contributed by atoms with Crippen LogP contribution in [0, 0.1) is 18.3 Å². The van der Waals surface area contributed by atoms with Gasteiger partial charge in [0.05, 0.1) is 39.9 Å². The van der Waals surface area contributed by atoms with Gasteiger partial charge in [-0.2, -0.15) is 5.26 Å². The van der Waals surface area contributed by atoms with Crippen LogP contribution in [0.3, 0.4) is 0 Å². The minimum atomic E-state index is -4.68. The van der Waals surface area contributed by atoms with Gasteiger partial charge in [-0.05, 0) is 31.2 Å². The van der Waals surface area contributed by atoms with Gasteiger partial charge in [0.25, 0.3) is 5.56 Å². The smallest absolute Gasteiger partial charge is 0.491 e. The average molecular weight is 714 g/mol. The normalized spacial score (nSPS) is 14.0. The number of anilines is 1. The van der Waals surface area contributed by atoms with Gasteiger partial charge in [0.1, 0.15) is 29.8 Å². The quantitative estimate of drug-likeness (QED) is 0.200. The van der Waals surface area contributed by atoms with Gasteiger partial charge in [-0.1, -0.05) is 11.6 Å². The fourth-order valence-corrected chi connectivity index (χ4v) is 6.95. The van der Waals surface area contributed by atoms with Crippen molar-refractivity contribution in [2.45, 2.75) is 19.8 Å². The van der Waals surface area contributed by atoms with Gasteiger partial charge in [0, 0.05) is 66.6 Å². The Bertz CT molecular complexity index is 2160. The zero-order valence-electron chi connectivity index (χ0n) is 25.8. The number of thiophene rings is 1. The van der Waals surface area contributed by atoms with Gasteiger partial charge in [-0.25, -0.2) is 14.8 Å². The molecule has 254 valence electrons. The number of aromatic carboxylic acids is 1. The molecule has 1 saturated heterocycles. The third-order valence-electron chi connectivity index (χ3n) is 8.11. The highest BCUT2D eigenvalue weighted by atomic mass is 35.5. The molecule has 0 amide bonds. The monoisotopic (exact) mass is 713 g/mol. The van der Waals surface area contributed by atoms with Gasteiger partial charge < -0.3 is 14.7 Å². The Balaban J connectivity index is 1.23. The standard InChI is InChI=1S/C32H27ClF3N7O5S/c1-18-40-27-25(19(15-37)16-39-29(27)42-8-6-41(7-9-42)10-13-48-32(34,35)36)30(44)43(18)11-12-47-24-3-2-20(33)14-22(24)21-4-5-38-26-23(31(45)46)17-49-28(21)26/h2-5,14,16-17H,6-13H2,1H3,(H,45,46). The molecule has 17 heteroatoms. The summed E-state index contributed by atoms with van der Waals surface area (Å²) in [5.41, 5.74) is 1.64. The lowest BCUT2D eigenvalue weighted by Gasteiger charge is -2.35. The number of aryl methyl sites for hydroxylation is 1. The van der Waals surface area contributed by atoms with Crippen molar-refractivity contribution in [1.82, 2.24) is 24.4 Å². The van der Waals surface area contributed by atoms with Crippen LogP contribution < -0.4 is 15.2 Å². The van der Waals surface area contributed by atoms with Crippen LogP contribution in [0.4, 0.5) is 19.0 Å². The molecule has 12 nitrogen and oxygen atoms in total. The van der Waals surface area contributed by atoms with Crippen LogP contribution >= 0.6 is 22.9 Å². The molecule has 1 fully saturated rings. The number of aromatic nitrogens is 4. The van der Waals surface area contributed by atoms with E-state index in [9.17, 15) is 33.1 Å². The zero-order valence-corrected chi connectivity index (χ0v) is 27.4. The summed E-state index contributed by atoms with van der Waals surface area (Å²) in [4.78, 5) is 42.7. The second kappa shape index (κ2) is 14.0. The molecule has 0 atom stereocenters. The highest BCUT2D eigenvalue weighted by Gasteiger charge is 2.30. The largest absolute Gasteiger partial charge is 0.522 e. The Kier molecular flexibility index (Phi) is 9.70. The van der Waals surface area contributed by atoms with Crippen molar-refractivity contribution in [1.29, 1.82) is 5.26 Å². The molecule has 5 heterocycles. The number of nitriles is 1. The van der Waals surface area contributed by atoms with Gasteiger partial charge >= 0.3 is 12.3 Å². The molecule has 0 bridgehead atoms. The molecular weight excluding hydrogens is 687 g/mol. The first-order valence-corrected chi connectivity index (χ1v) is 16.2. The number of carboxylic acid groups (broad SMARTS) is 1. The van der Waals surface area contributed by atoms with Gasteiger partial charge in [0.2, 0.25) is 0 Å². The summed E-state index contributed by atoms with van der Waals surface area (Å²) >= 11 is 7.59. The molecule has 5 aromatic rings. The molecule has 1 N–H and O–H groups in total. The Hall–Kier alpha value is -4.82. The summed E-state index contributed by atoms with van der Waals surface area (Å²) in [5.74, 6) is 0.157. The van der Waals surface area contributed by atoms with Crippen molar-refractivity contribution >= 4 is 55.8 Å². The van der Waals surface area contributed by atoms with E-state index in [1.807, 2.05) is 15.9 Å². The van der Waals surface area contributed by atoms with Crippen molar-refractivity contribution in [3.05, 3.63) is 74.4 Å². The van der Waals surface area contributed by atoms with E-state index in [1.54, 1.807) is 31.2 Å². The number of carboxylic acids is 1. The first-order valence-electron chi connectivity index (χ1n) is 15.0. The molecule has 4 aromatic heterocycles. The Morgan fingerprint density at radius 1 is 1.10 bits per heavy atom. The number of benzene rings is 1. The number of ether oxygens (including phenoxy) is 2. The lowest BCUT2D eigenvalue weighted by molar-refractivity contribution is -0.325. The number of rotatable bonds is 10. The van der Waals surface area contributed by atoms with Crippen molar-refractivity contribution in [2.75, 3.05) is 50.8 Å². The van der Waals surface area contributed by atoms with Crippen molar-refractivity contribution in [3.63, 3.8) is 0 Å². The summed E-state index contributed by atoms with van der Waals surface area (Å²) < 4.78 is 49.2. The van der Waals surface area contributed by atoms with E-state index in [-0.39, 0.29) is 41.7 Å². The van der Waals surface area contributed by atoms with E-state index < -0.39 is 24.5 Å². The van der Waals surface area contributed by atoms with Crippen molar-refractivity contribution < 1.29 is 32.5 Å². The number of fused-ring (bicyclic) bond motifs is 2. The lowest BCUT2D eigenvalue weighted by atomic mass is 10.0. The predicted octanol–water partition coefficient (Wildman–Crippen LogP) is 5.34. The summed E-state index contributed by atoms with van der Waals surface area (Å²) in [5, 5.41) is 21.5. The summed E-state index contributed by atoms with van der Waals surface area (Å²) in [6.07, 6.45) is -1.83. The zero-order chi connectivity index (χ0) is 34.9. The van der Waals surface area contributed by atoms with Crippen LogP contribution in [0.5, 0.6) is 5.75 Å². The second-order valence-electron chi connectivity index (χ2n) is 11.0. The third-order valence-corrected chi connectivity index (χ3v) is 9.35. The molecule has 0 unspecified atom stereocenters. The number of carbonyl (C=O) groups is 1. The summed E-state index contributed by atoms with van der Waals surface area (Å²) in [6.45, 7) is 3.18. The maximum absolute atomic E-state index is 13.9. The molecular formula is C32H27ClF3N7O5S. The maximum atomic E-state index is 13.9. The number of nitrogens with zero attached hydrogens (tertiary/aromatic N) is 7. The van der Waals surface area contributed by atoms with Crippen molar-refractivity contribution in [3.8, 4) is 22.9 Å². The minimum absolute atomic E-state index is 0.0431. The topological polar surface area (TPSA) is 147 Å². The molecule has 0 spiro atoms. The van der Waals surface area contributed by atoms with Crippen molar-refractivity contribution in [2.24, 2.45) is 0 Å². The molecule has 0 saturated carbocycles. The van der Waals surface area contributed by atoms with Crippen LogP contribution in [0.2, 0.25) is 5.02 Å². The molecule has 6 rings (SSSR count). The predicted molar refractivity (Wildman–Crippen MR) is 176 cm³/mol. The number of pyridine rings is 2. The summed E-state index contributed by atoms with van der Waals surface area (Å²) in [7, 11) is 0. The molecule has 1 aliphatic rings. The molecule has 0 radical (unpaired) electrons.